The van der Waals surface area contributed by atoms with Gasteiger partial charge in [-0.15, -0.1) is 0 Å². The fourth-order valence-electron chi connectivity index (χ4n) is 0.896. The van der Waals surface area contributed by atoms with Crippen molar-refractivity contribution in [3.8, 4) is 0 Å². The van der Waals surface area contributed by atoms with Gasteiger partial charge in [0.05, 0.1) is 0 Å². The Bertz CT molecular complexity index is 124. The first-order valence-electron chi connectivity index (χ1n) is 3.96. The molecular weight excluding hydrogens is 156 g/mol. The van der Waals surface area contributed by atoms with Crippen molar-refractivity contribution >= 4 is 17.5 Å². The monoisotopic (exact) mass is 174 g/mol. The Morgan fingerprint density at radius 1 is 1.36 bits per heavy atom. The highest BCUT2D eigenvalue weighted by Gasteiger charge is 2.14. The highest BCUT2D eigenvalue weighted by Crippen LogP contribution is 2.19. The third-order valence-electron chi connectivity index (χ3n) is 1.31. The predicted molar refractivity (Wildman–Crippen MR) is 52.1 cm³/mol. The van der Waals surface area contributed by atoms with Crippen molar-refractivity contribution in [2.24, 2.45) is 5.41 Å². The molecule has 0 aromatic heterocycles. The molecule has 0 bridgehead atoms. The predicted octanol–water partition coefficient (Wildman–Crippen LogP) is 2.74. The molecule has 0 saturated heterocycles. The van der Waals surface area contributed by atoms with E-state index in [1.54, 1.807) is 11.8 Å². The maximum atomic E-state index is 11.2. The van der Waals surface area contributed by atoms with Crippen molar-refractivity contribution < 1.29 is 4.79 Å². The van der Waals surface area contributed by atoms with Crippen molar-refractivity contribution in [2.45, 2.75) is 33.6 Å². The molecule has 66 valence electrons. The van der Waals surface area contributed by atoms with Gasteiger partial charge in [-0.3, -0.25) is 4.79 Å². The van der Waals surface area contributed by atoms with E-state index in [-0.39, 0.29) is 5.41 Å². The number of hydrogen-bond donors (Lipinski definition) is 0. The lowest BCUT2D eigenvalue weighted by atomic mass is 9.89. The van der Waals surface area contributed by atoms with Gasteiger partial charge in [0.25, 0.3) is 0 Å². The molecule has 0 fully saturated rings. The second-order valence-corrected chi connectivity index (χ2v) is 5.00. The molecule has 0 aromatic rings. The van der Waals surface area contributed by atoms with Crippen LogP contribution < -0.4 is 0 Å². The zero-order valence-corrected chi connectivity index (χ0v) is 8.75. The second kappa shape index (κ2) is 4.81. The topological polar surface area (TPSA) is 17.1 Å². The molecule has 2 heteroatoms. The Morgan fingerprint density at radius 2 is 1.91 bits per heavy atom. The second-order valence-electron chi connectivity index (χ2n) is 4.02. The van der Waals surface area contributed by atoms with Crippen LogP contribution in [0.1, 0.15) is 33.6 Å². The minimum absolute atomic E-state index is 0.162. The number of thioether (sulfide) groups is 1. The molecular formula is C9H18OS. The van der Waals surface area contributed by atoms with Gasteiger partial charge in [-0.2, -0.15) is 11.8 Å². The molecule has 0 aromatic carbocycles. The van der Waals surface area contributed by atoms with E-state index in [9.17, 15) is 4.79 Å². The van der Waals surface area contributed by atoms with Crippen LogP contribution in [0.5, 0.6) is 0 Å². The number of ketones is 1. The lowest BCUT2D eigenvalue weighted by Gasteiger charge is -2.16. The van der Waals surface area contributed by atoms with Gasteiger partial charge >= 0.3 is 0 Å². The number of hydrogen-bond acceptors (Lipinski definition) is 2. The van der Waals surface area contributed by atoms with Crippen molar-refractivity contribution in [2.75, 3.05) is 12.0 Å². The van der Waals surface area contributed by atoms with Crippen molar-refractivity contribution in [3.05, 3.63) is 0 Å². The Hall–Kier alpha value is 0.0200. The molecule has 0 unspecified atom stereocenters. The number of Topliss-reactive ketones (excluding diaryl/α,β-unsaturated/α-hetero) is 1. The normalized spacial score (nSPS) is 11.6. The fourth-order valence-corrected chi connectivity index (χ4v) is 1.33. The minimum Gasteiger partial charge on any atom is -0.300 e. The van der Waals surface area contributed by atoms with Gasteiger partial charge in [0.15, 0.2) is 0 Å². The summed E-state index contributed by atoms with van der Waals surface area (Å²) in [4.78, 5) is 11.2. The lowest BCUT2D eigenvalue weighted by molar-refractivity contribution is -0.120. The molecule has 0 aliphatic carbocycles. The molecule has 0 heterocycles. The maximum absolute atomic E-state index is 11.2. The SMILES string of the molecule is CSCCC(=O)CC(C)(C)C. The average Bonchev–Trinajstić information content (AvgIpc) is 1.79. The smallest absolute Gasteiger partial charge is 0.134 e. The van der Waals surface area contributed by atoms with Crippen LogP contribution in [0.15, 0.2) is 0 Å². The summed E-state index contributed by atoms with van der Waals surface area (Å²) in [6.45, 7) is 6.30. The van der Waals surface area contributed by atoms with Crippen LogP contribution in [-0.4, -0.2) is 17.8 Å². The van der Waals surface area contributed by atoms with Gasteiger partial charge in [-0.05, 0) is 17.4 Å². The van der Waals surface area contributed by atoms with Crippen LogP contribution in [0.4, 0.5) is 0 Å². The summed E-state index contributed by atoms with van der Waals surface area (Å²) in [5.41, 5.74) is 0.162. The van der Waals surface area contributed by atoms with Crippen LogP contribution >= 0.6 is 11.8 Å². The maximum Gasteiger partial charge on any atom is 0.134 e. The summed E-state index contributed by atoms with van der Waals surface area (Å²) in [5, 5.41) is 0. The summed E-state index contributed by atoms with van der Waals surface area (Å²) in [6, 6.07) is 0. The number of rotatable bonds is 4. The molecule has 0 rings (SSSR count). The third-order valence-corrected chi connectivity index (χ3v) is 1.92. The molecule has 0 spiro atoms. The third kappa shape index (κ3) is 7.92. The highest BCUT2D eigenvalue weighted by atomic mass is 32.2. The Balaban J connectivity index is 3.53. The summed E-state index contributed by atoms with van der Waals surface area (Å²) >= 11 is 1.74. The average molecular weight is 174 g/mol. The highest BCUT2D eigenvalue weighted by molar-refractivity contribution is 7.98. The molecule has 0 amide bonds. The molecule has 0 saturated carbocycles. The number of carbonyl (C=O) groups is 1. The Morgan fingerprint density at radius 3 is 2.27 bits per heavy atom. The summed E-state index contributed by atoms with van der Waals surface area (Å²) in [5.74, 6) is 1.36. The molecule has 0 radical (unpaired) electrons. The van der Waals surface area contributed by atoms with Crippen LogP contribution in [0.2, 0.25) is 0 Å². The van der Waals surface area contributed by atoms with E-state index < -0.39 is 0 Å². The standard InChI is InChI=1S/C9H18OS/c1-9(2,3)7-8(10)5-6-11-4/h5-7H2,1-4H3. The van der Waals surface area contributed by atoms with Crippen LogP contribution in [-0.2, 0) is 4.79 Å². The Kier molecular flexibility index (Phi) is 4.82. The molecule has 11 heavy (non-hydrogen) atoms. The van der Waals surface area contributed by atoms with Crippen LogP contribution in [0.25, 0.3) is 0 Å². The summed E-state index contributed by atoms with van der Waals surface area (Å²) < 4.78 is 0. The van der Waals surface area contributed by atoms with E-state index in [4.69, 9.17) is 0 Å². The molecule has 0 N–H and O–H groups in total. The van der Waals surface area contributed by atoms with Gasteiger partial charge in [0.1, 0.15) is 5.78 Å². The van der Waals surface area contributed by atoms with Gasteiger partial charge in [-0.25, -0.2) is 0 Å². The largest absolute Gasteiger partial charge is 0.300 e. The zero-order chi connectivity index (χ0) is 8.91. The van der Waals surface area contributed by atoms with Crippen molar-refractivity contribution in [1.29, 1.82) is 0 Å². The molecule has 0 atom stereocenters. The van der Waals surface area contributed by atoms with Gasteiger partial charge in [0, 0.05) is 12.8 Å². The van der Waals surface area contributed by atoms with E-state index >= 15 is 0 Å². The summed E-state index contributed by atoms with van der Waals surface area (Å²) in [6.07, 6.45) is 3.48. The van der Waals surface area contributed by atoms with E-state index in [1.165, 1.54) is 0 Å². The molecule has 0 aliphatic rings. The van der Waals surface area contributed by atoms with Gasteiger partial charge in [-0.1, -0.05) is 20.8 Å². The first kappa shape index (κ1) is 11.0. The summed E-state index contributed by atoms with van der Waals surface area (Å²) in [7, 11) is 0. The Labute approximate surface area is 73.9 Å². The number of carbonyl (C=O) groups excluding carboxylic acids is 1. The lowest BCUT2D eigenvalue weighted by Crippen LogP contribution is -2.13. The minimum atomic E-state index is 0.162. The fraction of sp³-hybridized carbons (Fsp3) is 0.889. The quantitative estimate of drug-likeness (QED) is 0.652. The van der Waals surface area contributed by atoms with Crippen molar-refractivity contribution in [1.82, 2.24) is 0 Å². The first-order chi connectivity index (χ1) is 4.95. The first-order valence-corrected chi connectivity index (χ1v) is 5.36. The van der Waals surface area contributed by atoms with E-state index in [0.717, 1.165) is 12.2 Å². The zero-order valence-electron chi connectivity index (χ0n) is 7.94. The van der Waals surface area contributed by atoms with E-state index in [2.05, 4.69) is 20.8 Å². The van der Waals surface area contributed by atoms with Gasteiger partial charge < -0.3 is 0 Å². The molecule has 1 nitrogen and oxygen atoms in total. The van der Waals surface area contributed by atoms with Crippen molar-refractivity contribution in [3.63, 3.8) is 0 Å². The molecule has 0 aliphatic heterocycles. The van der Waals surface area contributed by atoms with Crippen LogP contribution in [0.3, 0.4) is 0 Å². The van der Waals surface area contributed by atoms with Crippen LogP contribution in [0, 0.1) is 5.41 Å². The van der Waals surface area contributed by atoms with Gasteiger partial charge in [0.2, 0.25) is 0 Å². The van der Waals surface area contributed by atoms with E-state index in [0.29, 0.717) is 12.2 Å². The van der Waals surface area contributed by atoms with E-state index in [1.807, 2.05) is 6.26 Å².